The third-order valence-electron chi connectivity index (χ3n) is 2.59. The van der Waals surface area contributed by atoms with Crippen molar-refractivity contribution in [1.82, 2.24) is 5.32 Å². The van der Waals surface area contributed by atoms with E-state index in [2.05, 4.69) is 26.1 Å². The van der Waals surface area contributed by atoms with E-state index in [4.69, 9.17) is 9.15 Å². The van der Waals surface area contributed by atoms with Crippen molar-refractivity contribution in [3.63, 3.8) is 0 Å². The highest BCUT2D eigenvalue weighted by Crippen LogP contribution is 2.15. The molecule has 0 fully saturated rings. The maximum absolute atomic E-state index is 5.39. The average Bonchev–Trinajstić information content (AvgIpc) is 2.66. The van der Waals surface area contributed by atoms with E-state index >= 15 is 0 Å². The maximum atomic E-state index is 5.39. The van der Waals surface area contributed by atoms with Crippen LogP contribution in [0.2, 0.25) is 0 Å². The zero-order chi connectivity index (χ0) is 11.3. The molecule has 0 saturated heterocycles. The minimum absolute atomic E-state index is 0.0667. The van der Waals surface area contributed by atoms with Crippen LogP contribution in [0.4, 0.5) is 0 Å². The number of ether oxygens (including phenoxy) is 1. The summed E-state index contributed by atoms with van der Waals surface area (Å²) in [5.41, 5.74) is 1.11. The molecule has 1 aromatic rings. The van der Waals surface area contributed by atoms with E-state index in [0.29, 0.717) is 6.04 Å². The first-order chi connectivity index (χ1) is 7.03. The molecular weight excluding hydrogens is 190 g/mol. The van der Waals surface area contributed by atoms with Crippen LogP contribution in [0.5, 0.6) is 0 Å². The Morgan fingerprint density at radius 2 is 2.27 bits per heavy atom. The standard InChI is InChI=1S/C12H21NO2/c1-10(7-12(2,3)14-4)13-8-11-5-6-15-9-11/h5-6,9-10,13H,7-8H2,1-4H3. The summed E-state index contributed by atoms with van der Waals surface area (Å²) in [4.78, 5) is 0. The zero-order valence-electron chi connectivity index (χ0n) is 10.0. The first-order valence-electron chi connectivity index (χ1n) is 5.33. The van der Waals surface area contributed by atoms with Crippen molar-refractivity contribution in [3.05, 3.63) is 24.2 Å². The fourth-order valence-electron chi connectivity index (χ4n) is 1.58. The zero-order valence-corrected chi connectivity index (χ0v) is 10.0. The van der Waals surface area contributed by atoms with Crippen molar-refractivity contribution >= 4 is 0 Å². The molecule has 0 aromatic carbocycles. The minimum Gasteiger partial charge on any atom is -0.472 e. The molecule has 3 heteroatoms. The summed E-state index contributed by atoms with van der Waals surface area (Å²) in [5.74, 6) is 0. The molecule has 3 nitrogen and oxygen atoms in total. The SMILES string of the molecule is COC(C)(C)CC(C)NCc1ccoc1. The lowest BCUT2D eigenvalue weighted by Crippen LogP contribution is -2.35. The lowest BCUT2D eigenvalue weighted by Gasteiger charge is -2.27. The van der Waals surface area contributed by atoms with E-state index in [9.17, 15) is 0 Å². The van der Waals surface area contributed by atoms with Crippen LogP contribution >= 0.6 is 0 Å². The molecule has 1 atom stereocenters. The van der Waals surface area contributed by atoms with Crippen LogP contribution < -0.4 is 5.32 Å². The molecule has 0 bridgehead atoms. The lowest BCUT2D eigenvalue weighted by atomic mass is 10.00. The Morgan fingerprint density at radius 3 is 2.80 bits per heavy atom. The van der Waals surface area contributed by atoms with Crippen LogP contribution in [0.25, 0.3) is 0 Å². The normalized spacial score (nSPS) is 14.1. The van der Waals surface area contributed by atoms with E-state index < -0.39 is 0 Å². The van der Waals surface area contributed by atoms with Crippen LogP contribution in [-0.4, -0.2) is 18.8 Å². The molecule has 0 aliphatic heterocycles. The number of rotatable bonds is 6. The van der Waals surface area contributed by atoms with Gasteiger partial charge >= 0.3 is 0 Å². The largest absolute Gasteiger partial charge is 0.472 e. The summed E-state index contributed by atoms with van der Waals surface area (Å²) < 4.78 is 10.4. The Labute approximate surface area is 91.8 Å². The molecule has 1 rings (SSSR count). The quantitative estimate of drug-likeness (QED) is 0.785. The minimum atomic E-state index is -0.0667. The van der Waals surface area contributed by atoms with Gasteiger partial charge in [0.2, 0.25) is 0 Å². The van der Waals surface area contributed by atoms with Gasteiger partial charge in [-0.2, -0.15) is 0 Å². The summed E-state index contributed by atoms with van der Waals surface area (Å²) in [6, 6.07) is 2.40. The molecule has 0 spiro atoms. The molecule has 15 heavy (non-hydrogen) atoms. The Morgan fingerprint density at radius 1 is 1.53 bits per heavy atom. The molecule has 1 heterocycles. The summed E-state index contributed by atoms with van der Waals surface area (Å²) >= 11 is 0. The molecule has 86 valence electrons. The third-order valence-corrected chi connectivity index (χ3v) is 2.59. The van der Waals surface area contributed by atoms with Crippen LogP contribution in [0.1, 0.15) is 32.8 Å². The Balaban J connectivity index is 2.27. The van der Waals surface area contributed by atoms with Gasteiger partial charge in [0.15, 0.2) is 0 Å². The molecule has 0 amide bonds. The van der Waals surface area contributed by atoms with Gasteiger partial charge in [-0.3, -0.25) is 0 Å². The first-order valence-corrected chi connectivity index (χ1v) is 5.33. The van der Waals surface area contributed by atoms with Crippen molar-refractivity contribution in [2.24, 2.45) is 0 Å². The fourth-order valence-corrected chi connectivity index (χ4v) is 1.58. The predicted molar refractivity (Wildman–Crippen MR) is 60.7 cm³/mol. The summed E-state index contributed by atoms with van der Waals surface area (Å²) in [6.45, 7) is 7.21. The van der Waals surface area contributed by atoms with Crippen LogP contribution in [0.3, 0.4) is 0 Å². The number of furan rings is 1. The van der Waals surface area contributed by atoms with Crippen molar-refractivity contribution in [3.8, 4) is 0 Å². The molecule has 0 aliphatic carbocycles. The van der Waals surface area contributed by atoms with Gasteiger partial charge in [0.05, 0.1) is 18.1 Å². The lowest BCUT2D eigenvalue weighted by molar-refractivity contribution is 0.00844. The predicted octanol–water partition coefficient (Wildman–Crippen LogP) is 2.57. The Bertz CT molecular complexity index is 267. The molecule has 0 saturated carbocycles. The number of methoxy groups -OCH3 is 1. The number of hydrogen-bond donors (Lipinski definition) is 1. The molecule has 0 aliphatic rings. The molecule has 0 radical (unpaired) electrons. The van der Waals surface area contributed by atoms with Gasteiger partial charge in [-0.25, -0.2) is 0 Å². The number of nitrogens with one attached hydrogen (secondary N) is 1. The fraction of sp³-hybridized carbons (Fsp3) is 0.667. The second kappa shape index (κ2) is 5.33. The van der Waals surface area contributed by atoms with E-state index in [1.165, 1.54) is 5.56 Å². The van der Waals surface area contributed by atoms with Gasteiger partial charge in [-0.1, -0.05) is 0 Å². The molecular formula is C12H21NO2. The van der Waals surface area contributed by atoms with E-state index in [-0.39, 0.29) is 5.60 Å². The van der Waals surface area contributed by atoms with Gasteiger partial charge in [-0.15, -0.1) is 0 Å². The van der Waals surface area contributed by atoms with Gasteiger partial charge in [0.25, 0.3) is 0 Å². The highest BCUT2D eigenvalue weighted by molar-refractivity contribution is 5.04. The van der Waals surface area contributed by atoms with Gasteiger partial charge in [0.1, 0.15) is 0 Å². The summed E-state index contributed by atoms with van der Waals surface area (Å²) in [6.07, 6.45) is 4.45. The van der Waals surface area contributed by atoms with E-state index in [0.717, 1.165) is 13.0 Å². The first kappa shape index (κ1) is 12.3. The van der Waals surface area contributed by atoms with Crippen LogP contribution in [0.15, 0.2) is 23.0 Å². The van der Waals surface area contributed by atoms with E-state index in [1.54, 1.807) is 19.6 Å². The van der Waals surface area contributed by atoms with Crippen molar-refractivity contribution in [2.45, 2.75) is 45.4 Å². The van der Waals surface area contributed by atoms with Gasteiger partial charge < -0.3 is 14.5 Å². The topological polar surface area (TPSA) is 34.4 Å². The highest BCUT2D eigenvalue weighted by atomic mass is 16.5. The number of hydrogen-bond acceptors (Lipinski definition) is 3. The Hall–Kier alpha value is -0.800. The second-order valence-corrected chi connectivity index (χ2v) is 4.58. The van der Waals surface area contributed by atoms with E-state index in [1.807, 2.05) is 6.07 Å². The van der Waals surface area contributed by atoms with Crippen molar-refractivity contribution in [2.75, 3.05) is 7.11 Å². The van der Waals surface area contributed by atoms with Gasteiger partial charge in [0, 0.05) is 25.3 Å². The maximum Gasteiger partial charge on any atom is 0.0947 e. The highest BCUT2D eigenvalue weighted by Gasteiger charge is 2.19. The second-order valence-electron chi connectivity index (χ2n) is 4.58. The summed E-state index contributed by atoms with van der Waals surface area (Å²) in [5, 5.41) is 3.44. The van der Waals surface area contributed by atoms with Crippen molar-refractivity contribution < 1.29 is 9.15 Å². The van der Waals surface area contributed by atoms with Gasteiger partial charge in [-0.05, 0) is 33.3 Å². The third kappa shape index (κ3) is 4.49. The molecule has 1 unspecified atom stereocenters. The van der Waals surface area contributed by atoms with Crippen LogP contribution in [-0.2, 0) is 11.3 Å². The van der Waals surface area contributed by atoms with Crippen LogP contribution in [0, 0.1) is 0 Å². The summed E-state index contributed by atoms with van der Waals surface area (Å²) in [7, 11) is 1.75. The smallest absolute Gasteiger partial charge is 0.0947 e. The molecule has 1 N–H and O–H groups in total. The average molecular weight is 211 g/mol. The monoisotopic (exact) mass is 211 g/mol. The molecule has 1 aromatic heterocycles. The Kier molecular flexibility index (Phi) is 4.36. The van der Waals surface area contributed by atoms with Crippen molar-refractivity contribution in [1.29, 1.82) is 0 Å².